The van der Waals surface area contributed by atoms with Crippen LogP contribution < -0.4 is 11.5 Å². The molecule has 3 atom stereocenters. The zero-order valence-corrected chi connectivity index (χ0v) is 11.1. The van der Waals surface area contributed by atoms with Crippen LogP contribution in [0.1, 0.15) is 27.7 Å². The summed E-state index contributed by atoms with van der Waals surface area (Å²) in [5, 5.41) is 19.0. The van der Waals surface area contributed by atoms with Gasteiger partial charge in [-0.05, 0) is 27.7 Å². The molecule has 106 valence electrons. The lowest BCUT2D eigenvalue weighted by Gasteiger charge is -2.31. The molecule has 0 amide bonds. The number of esters is 1. The molecule has 0 radical (unpaired) electrons. The third-order valence-electron chi connectivity index (χ3n) is 2.21. The van der Waals surface area contributed by atoms with Crippen LogP contribution in [0.15, 0.2) is 0 Å². The summed E-state index contributed by atoms with van der Waals surface area (Å²) >= 11 is 0. The molecule has 7 heteroatoms. The third kappa shape index (κ3) is 4.34. The number of aliphatic hydroxyl groups excluding tert-OH is 1. The van der Waals surface area contributed by atoms with Crippen molar-refractivity contribution in [1.29, 1.82) is 0 Å². The highest BCUT2D eigenvalue weighted by molar-refractivity contribution is 5.95. The number of Topliss-reactive ketones (excluding diaryl/α,β-unsaturated/α-hetero) is 1. The van der Waals surface area contributed by atoms with E-state index in [1.807, 2.05) is 0 Å². The summed E-state index contributed by atoms with van der Waals surface area (Å²) in [6.45, 7) is 5.34. The van der Waals surface area contributed by atoms with Crippen molar-refractivity contribution in [3.63, 3.8) is 0 Å². The monoisotopic (exact) mass is 262 g/mol. The minimum absolute atomic E-state index is 0.819. The molecule has 0 aliphatic rings. The van der Waals surface area contributed by atoms with Gasteiger partial charge in [0.15, 0.2) is 11.5 Å². The Labute approximate surface area is 106 Å². The van der Waals surface area contributed by atoms with Crippen molar-refractivity contribution >= 4 is 11.8 Å². The zero-order valence-electron chi connectivity index (χ0n) is 11.1. The molecule has 7 nitrogen and oxygen atoms in total. The minimum Gasteiger partial charge on any atom is -0.460 e. The molecule has 6 N–H and O–H groups in total. The third-order valence-corrected chi connectivity index (χ3v) is 2.21. The first-order chi connectivity index (χ1) is 7.93. The first-order valence-electron chi connectivity index (χ1n) is 5.58. The first kappa shape index (κ1) is 17.0. The van der Waals surface area contributed by atoms with Crippen molar-refractivity contribution < 1.29 is 24.5 Å². The predicted octanol–water partition coefficient (Wildman–Crippen LogP) is -1.50. The molecular formula is C11H22N2O5. The number of ketones is 1. The van der Waals surface area contributed by atoms with Crippen LogP contribution in [-0.2, 0) is 14.3 Å². The molecular weight excluding hydrogens is 240 g/mol. The molecule has 0 aromatic rings. The van der Waals surface area contributed by atoms with E-state index in [0.717, 1.165) is 0 Å². The number of hydrogen-bond acceptors (Lipinski definition) is 7. The van der Waals surface area contributed by atoms with Gasteiger partial charge in [0.05, 0.1) is 12.6 Å². The number of carbonyl (C=O) groups is 2. The molecule has 0 bridgehead atoms. The zero-order chi connectivity index (χ0) is 14.7. The number of nitrogens with two attached hydrogens (primary N) is 2. The molecule has 0 aliphatic carbocycles. The summed E-state index contributed by atoms with van der Waals surface area (Å²) in [6, 6.07) is -1.06. The van der Waals surface area contributed by atoms with Gasteiger partial charge in [0.2, 0.25) is 0 Å². The van der Waals surface area contributed by atoms with Crippen LogP contribution in [0.2, 0.25) is 0 Å². The van der Waals surface area contributed by atoms with Gasteiger partial charge in [0, 0.05) is 0 Å². The van der Waals surface area contributed by atoms with Gasteiger partial charge < -0.3 is 20.7 Å². The van der Waals surface area contributed by atoms with Gasteiger partial charge in [0.1, 0.15) is 11.5 Å². The number of aliphatic hydroxyl groups is 2. The van der Waals surface area contributed by atoms with Gasteiger partial charge in [-0.2, -0.15) is 0 Å². The fourth-order valence-electron chi connectivity index (χ4n) is 1.30. The van der Waals surface area contributed by atoms with E-state index in [-0.39, 0.29) is 0 Å². The molecule has 0 rings (SSSR count). The normalized spacial score (nSPS) is 18.7. The van der Waals surface area contributed by atoms with E-state index in [4.69, 9.17) is 21.3 Å². The Kier molecular flexibility index (Phi) is 5.42. The van der Waals surface area contributed by atoms with Crippen LogP contribution in [0.4, 0.5) is 0 Å². The Bertz CT molecular complexity index is 320. The molecule has 0 saturated heterocycles. The van der Waals surface area contributed by atoms with Crippen LogP contribution in [0, 0.1) is 5.92 Å². The second-order valence-electron chi connectivity index (χ2n) is 5.25. The minimum atomic E-state index is -2.55. The standard InChI is InChI=1S/C11H22N2O5/c1-6(12)8(15)11(13,17)7(5-14)9(16)18-10(2,3)4/h6-7,14,17H,5,12-13H2,1-4H3/t6-,7?,11?/m0/s1. The van der Waals surface area contributed by atoms with Gasteiger partial charge in [-0.1, -0.05) is 0 Å². The summed E-state index contributed by atoms with van der Waals surface area (Å²) in [7, 11) is 0. The molecule has 0 fully saturated rings. The lowest BCUT2D eigenvalue weighted by atomic mass is 9.90. The largest absolute Gasteiger partial charge is 0.460 e. The molecule has 0 aromatic heterocycles. The van der Waals surface area contributed by atoms with Crippen molar-refractivity contribution in [2.75, 3.05) is 6.61 Å². The van der Waals surface area contributed by atoms with Crippen LogP contribution in [0.5, 0.6) is 0 Å². The highest BCUT2D eigenvalue weighted by Crippen LogP contribution is 2.19. The van der Waals surface area contributed by atoms with E-state index in [2.05, 4.69) is 0 Å². The summed E-state index contributed by atoms with van der Waals surface area (Å²) in [4.78, 5) is 23.4. The van der Waals surface area contributed by atoms with Crippen molar-refractivity contribution in [1.82, 2.24) is 0 Å². The average Bonchev–Trinajstić information content (AvgIpc) is 2.13. The van der Waals surface area contributed by atoms with E-state index in [1.54, 1.807) is 20.8 Å². The lowest BCUT2D eigenvalue weighted by Crippen LogP contribution is -2.62. The fourth-order valence-corrected chi connectivity index (χ4v) is 1.30. The molecule has 0 aliphatic heterocycles. The first-order valence-corrected chi connectivity index (χ1v) is 5.58. The smallest absolute Gasteiger partial charge is 0.316 e. The summed E-state index contributed by atoms with van der Waals surface area (Å²) < 4.78 is 4.98. The number of carbonyl (C=O) groups excluding carboxylic acids is 2. The van der Waals surface area contributed by atoms with Crippen LogP contribution in [0.3, 0.4) is 0 Å². The maximum atomic E-state index is 11.7. The van der Waals surface area contributed by atoms with Gasteiger partial charge in [-0.25, -0.2) is 0 Å². The molecule has 18 heavy (non-hydrogen) atoms. The maximum absolute atomic E-state index is 11.7. The Balaban J connectivity index is 5.08. The average molecular weight is 262 g/mol. The maximum Gasteiger partial charge on any atom is 0.316 e. The summed E-state index contributed by atoms with van der Waals surface area (Å²) in [6.07, 6.45) is 0. The SMILES string of the molecule is C[C@H](N)C(=O)C(N)(O)C(CO)C(=O)OC(C)(C)C. The van der Waals surface area contributed by atoms with E-state index < -0.39 is 41.6 Å². The van der Waals surface area contributed by atoms with Crippen molar-refractivity contribution in [3.8, 4) is 0 Å². The van der Waals surface area contributed by atoms with Gasteiger partial charge >= 0.3 is 5.97 Å². The van der Waals surface area contributed by atoms with E-state index in [9.17, 15) is 14.7 Å². The Morgan fingerprint density at radius 1 is 1.33 bits per heavy atom. The quantitative estimate of drug-likeness (QED) is 0.349. The lowest BCUT2D eigenvalue weighted by molar-refractivity contribution is -0.177. The van der Waals surface area contributed by atoms with Crippen molar-refractivity contribution in [3.05, 3.63) is 0 Å². The molecule has 2 unspecified atom stereocenters. The number of ether oxygens (including phenoxy) is 1. The predicted molar refractivity (Wildman–Crippen MR) is 64.2 cm³/mol. The molecule has 0 heterocycles. The fraction of sp³-hybridized carbons (Fsp3) is 0.818. The molecule has 0 aromatic carbocycles. The van der Waals surface area contributed by atoms with Gasteiger partial charge in [-0.15, -0.1) is 0 Å². The van der Waals surface area contributed by atoms with Crippen molar-refractivity contribution in [2.45, 2.75) is 45.1 Å². The highest BCUT2D eigenvalue weighted by atomic mass is 16.6. The second-order valence-corrected chi connectivity index (χ2v) is 5.25. The van der Waals surface area contributed by atoms with E-state index in [0.29, 0.717) is 0 Å². The van der Waals surface area contributed by atoms with Crippen LogP contribution in [0.25, 0.3) is 0 Å². The number of rotatable bonds is 5. The Morgan fingerprint density at radius 2 is 1.78 bits per heavy atom. The topological polar surface area (TPSA) is 136 Å². The highest BCUT2D eigenvalue weighted by Gasteiger charge is 2.46. The van der Waals surface area contributed by atoms with E-state index in [1.165, 1.54) is 6.92 Å². The van der Waals surface area contributed by atoms with Gasteiger partial charge in [-0.3, -0.25) is 15.3 Å². The summed E-state index contributed by atoms with van der Waals surface area (Å²) in [5.74, 6) is -3.47. The van der Waals surface area contributed by atoms with Crippen LogP contribution in [-0.4, -0.2) is 45.9 Å². The summed E-state index contributed by atoms with van der Waals surface area (Å²) in [5.41, 5.74) is 7.35. The van der Waals surface area contributed by atoms with Gasteiger partial charge in [0.25, 0.3) is 0 Å². The van der Waals surface area contributed by atoms with Crippen molar-refractivity contribution in [2.24, 2.45) is 17.4 Å². The van der Waals surface area contributed by atoms with Crippen LogP contribution >= 0.6 is 0 Å². The Hall–Kier alpha value is -1.02. The second kappa shape index (κ2) is 5.75. The molecule has 0 spiro atoms. The molecule has 0 saturated carbocycles. The van der Waals surface area contributed by atoms with E-state index >= 15 is 0 Å². The Morgan fingerprint density at radius 3 is 2.06 bits per heavy atom. The number of hydrogen-bond donors (Lipinski definition) is 4.